The minimum absolute atomic E-state index is 0.244. The minimum atomic E-state index is -0.306. The van der Waals surface area contributed by atoms with Gasteiger partial charge in [0.15, 0.2) is 0 Å². The number of hydrogen-bond donors (Lipinski definition) is 4. The number of benzene rings is 3. The maximum absolute atomic E-state index is 13.4. The Morgan fingerprint density at radius 3 is 2.17 bits per heavy atom. The van der Waals surface area contributed by atoms with E-state index in [-0.39, 0.29) is 11.9 Å². The summed E-state index contributed by atoms with van der Waals surface area (Å²) < 4.78 is 6.12. The van der Waals surface area contributed by atoms with Gasteiger partial charge in [0.05, 0.1) is 10.9 Å². The van der Waals surface area contributed by atoms with Crippen molar-refractivity contribution < 1.29 is 14.0 Å². The predicted molar refractivity (Wildman–Crippen MR) is 166 cm³/mol. The number of nitrogens with zero attached hydrogens (tertiary/aromatic N) is 3. The van der Waals surface area contributed by atoms with Crippen molar-refractivity contribution in [1.82, 2.24) is 20.2 Å². The summed E-state index contributed by atoms with van der Waals surface area (Å²) in [5.74, 6) is 0.738. The van der Waals surface area contributed by atoms with E-state index in [1.54, 1.807) is 0 Å². The number of carbonyl (C=O) groups is 2. The highest BCUT2D eigenvalue weighted by molar-refractivity contribution is 6.13. The molecule has 0 fully saturated rings. The van der Waals surface area contributed by atoms with Gasteiger partial charge in [-0.15, -0.1) is 0 Å². The van der Waals surface area contributed by atoms with Gasteiger partial charge in [0.1, 0.15) is 17.9 Å². The zero-order valence-corrected chi connectivity index (χ0v) is 23.6. The zero-order valence-electron chi connectivity index (χ0n) is 23.6. The molecule has 3 aromatic carbocycles. The van der Waals surface area contributed by atoms with E-state index in [4.69, 9.17) is 4.42 Å². The van der Waals surface area contributed by atoms with Crippen LogP contribution in [-0.2, 0) is 6.42 Å². The van der Waals surface area contributed by atoms with Crippen molar-refractivity contribution >= 4 is 40.2 Å². The van der Waals surface area contributed by atoms with E-state index in [9.17, 15) is 9.59 Å². The third-order valence-corrected chi connectivity index (χ3v) is 6.55. The van der Waals surface area contributed by atoms with Crippen LogP contribution in [0.4, 0.5) is 22.0 Å². The van der Waals surface area contributed by atoms with Crippen molar-refractivity contribution in [3.05, 3.63) is 102 Å². The molecule has 0 spiro atoms. The van der Waals surface area contributed by atoms with Gasteiger partial charge >= 0.3 is 6.03 Å². The fraction of sp³-hybridized carbons (Fsp3) is 0.188. The molecular formula is C32H33N7O3. The molecule has 5 rings (SSSR count). The van der Waals surface area contributed by atoms with E-state index in [0.717, 1.165) is 16.8 Å². The number of urea groups is 1. The van der Waals surface area contributed by atoms with Gasteiger partial charge in [-0.05, 0) is 50.3 Å². The van der Waals surface area contributed by atoms with E-state index in [1.165, 1.54) is 6.33 Å². The lowest BCUT2D eigenvalue weighted by Crippen LogP contribution is -2.31. The van der Waals surface area contributed by atoms with Crippen LogP contribution in [0.1, 0.15) is 15.9 Å². The van der Waals surface area contributed by atoms with Gasteiger partial charge < -0.3 is 30.6 Å². The van der Waals surface area contributed by atoms with E-state index in [2.05, 4.69) is 31.2 Å². The predicted octanol–water partition coefficient (Wildman–Crippen LogP) is 5.48. The normalized spacial score (nSPS) is 10.9. The molecule has 214 valence electrons. The Morgan fingerprint density at radius 1 is 0.810 bits per heavy atom. The summed E-state index contributed by atoms with van der Waals surface area (Å²) >= 11 is 0. The van der Waals surface area contributed by atoms with Crippen LogP contribution >= 0.6 is 0 Å². The topological polar surface area (TPSA) is 124 Å². The standard InChI is InChI=1S/C32H33N7O3/c1-39(2)20-19-34-30(40)26-27-29(35-21-36-31(27)42-28(26)23-9-5-3-6-10-23)33-18-17-22-13-15-25(16-14-22)38-32(41)37-24-11-7-4-8-12-24/h3-16,21H,17-20H2,1-2H3,(H,34,40)(H,33,35,36)(H2,37,38,41). The average molecular weight is 564 g/mol. The highest BCUT2D eigenvalue weighted by Crippen LogP contribution is 2.35. The molecular weight excluding hydrogens is 530 g/mol. The lowest BCUT2D eigenvalue weighted by atomic mass is 10.1. The van der Waals surface area contributed by atoms with Crippen LogP contribution < -0.4 is 21.3 Å². The molecule has 5 aromatic rings. The van der Waals surface area contributed by atoms with Gasteiger partial charge in [-0.2, -0.15) is 0 Å². The van der Waals surface area contributed by atoms with Gasteiger partial charge in [0.25, 0.3) is 5.91 Å². The third-order valence-electron chi connectivity index (χ3n) is 6.55. The van der Waals surface area contributed by atoms with Crippen LogP contribution in [0.5, 0.6) is 0 Å². The number of fused-ring (bicyclic) bond motifs is 1. The Kier molecular flexibility index (Phi) is 9.05. The summed E-state index contributed by atoms with van der Waals surface area (Å²) in [6.45, 7) is 1.75. The van der Waals surface area contributed by atoms with E-state index in [1.807, 2.05) is 104 Å². The Morgan fingerprint density at radius 2 is 1.48 bits per heavy atom. The monoisotopic (exact) mass is 563 g/mol. The maximum Gasteiger partial charge on any atom is 0.323 e. The molecule has 2 aromatic heterocycles. The van der Waals surface area contributed by atoms with Crippen molar-refractivity contribution in [2.24, 2.45) is 0 Å². The number of carbonyl (C=O) groups excluding carboxylic acids is 2. The Bertz CT molecular complexity index is 1640. The number of likely N-dealkylation sites (N-methyl/N-ethyl adjacent to an activating group) is 1. The molecule has 42 heavy (non-hydrogen) atoms. The number of amides is 3. The molecule has 0 aliphatic heterocycles. The molecule has 0 saturated carbocycles. The molecule has 10 heteroatoms. The van der Waals surface area contributed by atoms with Gasteiger partial charge in [0.2, 0.25) is 5.71 Å². The quantitative estimate of drug-likeness (QED) is 0.168. The van der Waals surface area contributed by atoms with Crippen LogP contribution in [0, 0.1) is 0 Å². The third kappa shape index (κ3) is 7.10. The number of hydrogen-bond acceptors (Lipinski definition) is 7. The molecule has 0 aliphatic rings. The molecule has 4 N–H and O–H groups in total. The van der Waals surface area contributed by atoms with Crippen LogP contribution in [0.3, 0.4) is 0 Å². The molecule has 0 bridgehead atoms. The number of para-hydroxylation sites is 1. The molecule has 0 saturated heterocycles. The fourth-order valence-corrected chi connectivity index (χ4v) is 4.45. The number of rotatable bonds is 11. The van der Waals surface area contributed by atoms with Crippen molar-refractivity contribution in [2.75, 3.05) is 49.7 Å². The van der Waals surface area contributed by atoms with Crippen LogP contribution in [-0.4, -0.2) is 60.5 Å². The SMILES string of the molecule is CN(C)CCNC(=O)c1c(-c2ccccc2)oc2ncnc(NCCc3ccc(NC(=O)Nc4ccccc4)cc3)c12. The lowest BCUT2D eigenvalue weighted by Gasteiger charge is -2.12. The van der Waals surface area contributed by atoms with E-state index < -0.39 is 0 Å². The van der Waals surface area contributed by atoms with Gasteiger partial charge in [0, 0.05) is 36.6 Å². The summed E-state index contributed by atoms with van der Waals surface area (Å²) in [5, 5.41) is 12.6. The summed E-state index contributed by atoms with van der Waals surface area (Å²) in [7, 11) is 3.91. The zero-order chi connectivity index (χ0) is 29.3. The number of anilines is 3. The second-order valence-electron chi connectivity index (χ2n) is 9.95. The summed E-state index contributed by atoms with van der Waals surface area (Å²) in [6.07, 6.45) is 2.12. The molecule has 2 heterocycles. The Labute approximate surface area is 244 Å². The molecule has 0 atom stereocenters. The highest BCUT2D eigenvalue weighted by Gasteiger charge is 2.25. The number of aromatic nitrogens is 2. The smallest absolute Gasteiger partial charge is 0.323 e. The first-order valence-electron chi connectivity index (χ1n) is 13.7. The fourth-order valence-electron chi connectivity index (χ4n) is 4.45. The maximum atomic E-state index is 13.4. The molecule has 10 nitrogen and oxygen atoms in total. The number of nitrogens with one attached hydrogen (secondary N) is 4. The van der Waals surface area contributed by atoms with E-state index >= 15 is 0 Å². The van der Waals surface area contributed by atoms with Crippen LogP contribution in [0.2, 0.25) is 0 Å². The first kappa shape index (κ1) is 28.3. The lowest BCUT2D eigenvalue weighted by molar-refractivity contribution is 0.0952. The second kappa shape index (κ2) is 13.4. The van der Waals surface area contributed by atoms with Gasteiger partial charge in [-0.25, -0.2) is 14.8 Å². The molecule has 0 aliphatic carbocycles. The summed E-state index contributed by atoms with van der Waals surface area (Å²) in [6, 6.07) is 26.1. The van der Waals surface area contributed by atoms with Crippen LogP contribution in [0.15, 0.2) is 95.7 Å². The van der Waals surface area contributed by atoms with Crippen molar-refractivity contribution in [2.45, 2.75) is 6.42 Å². The molecule has 0 radical (unpaired) electrons. The van der Waals surface area contributed by atoms with Gasteiger partial charge in [-0.3, -0.25) is 4.79 Å². The minimum Gasteiger partial charge on any atom is -0.437 e. The largest absolute Gasteiger partial charge is 0.437 e. The van der Waals surface area contributed by atoms with Crippen LogP contribution in [0.25, 0.3) is 22.4 Å². The first-order valence-corrected chi connectivity index (χ1v) is 13.7. The average Bonchev–Trinajstić information content (AvgIpc) is 3.39. The Hall–Kier alpha value is -5.22. The molecule has 0 unspecified atom stereocenters. The Balaban J connectivity index is 1.28. The second-order valence-corrected chi connectivity index (χ2v) is 9.95. The van der Waals surface area contributed by atoms with E-state index in [0.29, 0.717) is 60.0 Å². The summed E-state index contributed by atoms with van der Waals surface area (Å²) in [5.41, 5.74) is 4.01. The highest BCUT2D eigenvalue weighted by atomic mass is 16.3. The van der Waals surface area contributed by atoms with Gasteiger partial charge in [-0.1, -0.05) is 60.7 Å². The number of furan rings is 1. The first-order chi connectivity index (χ1) is 20.5. The molecule has 3 amide bonds. The van der Waals surface area contributed by atoms with Crippen molar-refractivity contribution in [3.8, 4) is 11.3 Å². The van der Waals surface area contributed by atoms with Crippen molar-refractivity contribution in [3.63, 3.8) is 0 Å². The van der Waals surface area contributed by atoms with Crippen molar-refractivity contribution in [1.29, 1.82) is 0 Å². The summed E-state index contributed by atoms with van der Waals surface area (Å²) in [4.78, 5) is 36.5.